The summed E-state index contributed by atoms with van der Waals surface area (Å²) in [5, 5.41) is 7.20. The highest BCUT2D eigenvalue weighted by Crippen LogP contribution is 2.36. The molecule has 2 fully saturated rings. The first-order valence-corrected chi connectivity index (χ1v) is 12.6. The van der Waals surface area contributed by atoms with Crippen LogP contribution in [0.15, 0.2) is 33.7 Å². The second-order valence-electron chi connectivity index (χ2n) is 8.58. The van der Waals surface area contributed by atoms with E-state index in [9.17, 15) is 13.2 Å². The summed E-state index contributed by atoms with van der Waals surface area (Å²) in [6, 6.07) is 6.32. The molecule has 2 aliphatic rings. The van der Waals surface area contributed by atoms with E-state index in [0.717, 1.165) is 57.8 Å². The van der Waals surface area contributed by atoms with Gasteiger partial charge in [-0.3, -0.25) is 4.79 Å². The highest BCUT2D eigenvalue weighted by molar-refractivity contribution is 7.89. The van der Waals surface area contributed by atoms with Crippen molar-refractivity contribution in [3.63, 3.8) is 0 Å². The van der Waals surface area contributed by atoms with E-state index in [4.69, 9.17) is 4.52 Å². The Morgan fingerprint density at radius 1 is 1.06 bits per heavy atom. The minimum Gasteiger partial charge on any atom is -0.340 e. The van der Waals surface area contributed by atoms with Crippen molar-refractivity contribution in [2.45, 2.75) is 75.1 Å². The molecule has 1 N–H and O–H groups in total. The molecule has 9 heteroatoms. The van der Waals surface area contributed by atoms with Crippen molar-refractivity contribution in [3.8, 4) is 0 Å². The molecule has 1 aromatic carbocycles. The largest absolute Gasteiger partial charge is 0.340 e. The summed E-state index contributed by atoms with van der Waals surface area (Å²) >= 11 is 0. The van der Waals surface area contributed by atoms with Crippen LogP contribution in [0.4, 0.5) is 0 Å². The second kappa shape index (κ2) is 9.08. The summed E-state index contributed by atoms with van der Waals surface area (Å²) < 4.78 is 33.0. The molecule has 0 radical (unpaired) electrons. The number of sulfonamides is 1. The molecule has 1 saturated heterocycles. The average molecular weight is 447 g/mol. The quantitative estimate of drug-likeness (QED) is 0.753. The summed E-state index contributed by atoms with van der Waals surface area (Å²) in [6.07, 6.45) is 8.29. The lowest BCUT2D eigenvalue weighted by Crippen LogP contribution is -2.48. The number of benzene rings is 1. The van der Waals surface area contributed by atoms with Crippen molar-refractivity contribution in [1.29, 1.82) is 0 Å². The van der Waals surface area contributed by atoms with Crippen molar-refractivity contribution < 1.29 is 17.7 Å². The van der Waals surface area contributed by atoms with E-state index in [-0.39, 0.29) is 10.8 Å². The number of nitrogens with one attached hydrogen (secondary N) is 1. The molecule has 31 heavy (non-hydrogen) atoms. The van der Waals surface area contributed by atoms with E-state index in [2.05, 4.69) is 15.5 Å². The third-order valence-electron chi connectivity index (χ3n) is 6.31. The highest BCUT2D eigenvalue weighted by Gasteiger charge is 2.40. The van der Waals surface area contributed by atoms with Crippen molar-refractivity contribution in [2.24, 2.45) is 0 Å². The first kappa shape index (κ1) is 22.0. The Kier molecular flexibility index (Phi) is 6.43. The van der Waals surface area contributed by atoms with Crippen LogP contribution < -0.4 is 5.32 Å². The standard InChI is InChI=1S/C22H30N4O4S/c1-17-23-21(25-30-17)22(12-5-4-6-13-22)24-20(27)18-10-9-11-19(16-18)31(28,29)26-14-7-2-3-8-15-26/h9-11,16H,2-8,12-15H2,1H3,(H,24,27). The van der Waals surface area contributed by atoms with E-state index in [0.29, 0.717) is 30.4 Å². The minimum absolute atomic E-state index is 0.162. The van der Waals surface area contributed by atoms with Crippen molar-refractivity contribution in [1.82, 2.24) is 19.8 Å². The van der Waals surface area contributed by atoms with Gasteiger partial charge < -0.3 is 9.84 Å². The summed E-state index contributed by atoms with van der Waals surface area (Å²) in [6.45, 7) is 2.78. The Morgan fingerprint density at radius 2 is 1.74 bits per heavy atom. The first-order valence-electron chi connectivity index (χ1n) is 11.1. The molecule has 0 bridgehead atoms. The number of aromatic nitrogens is 2. The van der Waals surface area contributed by atoms with Crippen LogP contribution >= 0.6 is 0 Å². The van der Waals surface area contributed by atoms with Crippen LogP contribution in [-0.2, 0) is 15.6 Å². The molecular formula is C22H30N4O4S. The van der Waals surface area contributed by atoms with Gasteiger partial charge in [-0.1, -0.05) is 43.3 Å². The first-order chi connectivity index (χ1) is 14.9. The second-order valence-corrected chi connectivity index (χ2v) is 10.5. The fraction of sp³-hybridized carbons (Fsp3) is 0.591. The molecule has 2 heterocycles. The van der Waals surface area contributed by atoms with E-state index in [1.807, 2.05) is 0 Å². The Hall–Kier alpha value is -2.26. The number of carbonyl (C=O) groups excluding carboxylic acids is 1. The third kappa shape index (κ3) is 4.67. The molecule has 8 nitrogen and oxygen atoms in total. The van der Waals surface area contributed by atoms with E-state index >= 15 is 0 Å². The van der Waals surface area contributed by atoms with E-state index < -0.39 is 15.6 Å². The van der Waals surface area contributed by atoms with Gasteiger partial charge in [0.25, 0.3) is 5.91 Å². The molecule has 0 atom stereocenters. The fourth-order valence-corrected chi connectivity index (χ4v) is 6.14. The van der Waals surface area contributed by atoms with Gasteiger partial charge in [0.05, 0.1) is 4.90 Å². The number of hydrogen-bond acceptors (Lipinski definition) is 6. The van der Waals surface area contributed by atoms with Crippen LogP contribution in [0, 0.1) is 6.92 Å². The zero-order valence-corrected chi connectivity index (χ0v) is 18.8. The summed E-state index contributed by atoms with van der Waals surface area (Å²) in [5.41, 5.74) is -0.367. The van der Waals surface area contributed by atoms with Gasteiger partial charge in [0.1, 0.15) is 5.54 Å². The zero-order valence-electron chi connectivity index (χ0n) is 18.0. The monoisotopic (exact) mass is 446 g/mol. The maximum atomic E-state index is 13.2. The number of carbonyl (C=O) groups is 1. The maximum absolute atomic E-state index is 13.2. The SMILES string of the molecule is Cc1nc(C2(NC(=O)c3cccc(S(=O)(=O)N4CCCCCC4)c3)CCCCC2)no1. The van der Waals surface area contributed by atoms with Crippen LogP contribution in [-0.4, -0.2) is 41.9 Å². The summed E-state index contributed by atoms with van der Waals surface area (Å²) in [4.78, 5) is 17.8. The average Bonchev–Trinajstić information content (AvgIpc) is 3.04. The molecule has 1 aromatic heterocycles. The highest BCUT2D eigenvalue weighted by atomic mass is 32.2. The smallest absolute Gasteiger partial charge is 0.252 e. The fourth-order valence-electron chi connectivity index (χ4n) is 4.57. The van der Waals surface area contributed by atoms with Crippen molar-refractivity contribution in [2.75, 3.05) is 13.1 Å². The maximum Gasteiger partial charge on any atom is 0.252 e. The lowest BCUT2D eigenvalue weighted by molar-refractivity contribution is 0.0855. The Morgan fingerprint density at radius 3 is 2.39 bits per heavy atom. The van der Waals surface area contributed by atoms with Crippen molar-refractivity contribution in [3.05, 3.63) is 41.5 Å². The predicted molar refractivity (Wildman–Crippen MR) is 115 cm³/mol. The predicted octanol–water partition coefficient (Wildman–Crippen LogP) is 3.53. The molecule has 168 valence electrons. The number of nitrogens with zero attached hydrogens (tertiary/aromatic N) is 3. The van der Waals surface area contributed by atoms with Crippen molar-refractivity contribution >= 4 is 15.9 Å². The number of amides is 1. The van der Waals surface area contributed by atoms with Crippen LogP contribution in [0.25, 0.3) is 0 Å². The molecule has 1 saturated carbocycles. The van der Waals surface area contributed by atoms with Crippen LogP contribution in [0.1, 0.15) is 79.9 Å². The zero-order chi connectivity index (χ0) is 21.9. The van der Waals surface area contributed by atoms with Gasteiger partial charge in [-0.05, 0) is 43.9 Å². The third-order valence-corrected chi connectivity index (χ3v) is 8.21. The molecule has 4 rings (SSSR count). The van der Waals surface area contributed by atoms with E-state index in [1.54, 1.807) is 29.4 Å². The summed E-state index contributed by atoms with van der Waals surface area (Å²) in [5.74, 6) is 0.628. The number of rotatable bonds is 5. The van der Waals surface area contributed by atoms with Crippen LogP contribution in [0.2, 0.25) is 0 Å². The Bertz CT molecular complexity index is 1020. The molecule has 0 spiro atoms. The van der Waals surface area contributed by atoms with Gasteiger partial charge in [-0.2, -0.15) is 9.29 Å². The number of hydrogen-bond donors (Lipinski definition) is 1. The minimum atomic E-state index is -3.62. The Balaban J connectivity index is 1.59. The van der Waals surface area contributed by atoms with Crippen LogP contribution in [0.5, 0.6) is 0 Å². The van der Waals surface area contributed by atoms with Gasteiger partial charge in [-0.15, -0.1) is 0 Å². The lowest BCUT2D eigenvalue weighted by Gasteiger charge is -2.35. The molecule has 1 aliphatic heterocycles. The number of aryl methyl sites for hydroxylation is 1. The molecule has 1 amide bonds. The molecular weight excluding hydrogens is 416 g/mol. The normalized spacial score (nSPS) is 20.2. The Labute approximate surface area is 183 Å². The molecule has 0 unspecified atom stereocenters. The van der Waals surface area contributed by atoms with Gasteiger partial charge in [0.2, 0.25) is 15.9 Å². The molecule has 1 aliphatic carbocycles. The topological polar surface area (TPSA) is 105 Å². The van der Waals surface area contributed by atoms with Gasteiger partial charge in [0.15, 0.2) is 5.82 Å². The van der Waals surface area contributed by atoms with Gasteiger partial charge in [0, 0.05) is 25.6 Å². The van der Waals surface area contributed by atoms with Crippen LogP contribution in [0.3, 0.4) is 0 Å². The van der Waals surface area contributed by atoms with Gasteiger partial charge in [-0.25, -0.2) is 8.42 Å². The van der Waals surface area contributed by atoms with E-state index in [1.165, 1.54) is 6.07 Å². The lowest BCUT2D eigenvalue weighted by atomic mass is 9.80. The summed E-state index contributed by atoms with van der Waals surface area (Å²) in [7, 11) is -3.62. The van der Waals surface area contributed by atoms with Gasteiger partial charge >= 0.3 is 0 Å². The molecule has 2 aromatic rings.